The quantitative estimate of drug-likeness (QED) is 0.874. The van der Waals surface area contributed by atoms with Crippen molar-refractivity contribution in [1.82, 2.24) is 4.98 Å². The number of rotatable bonds is 4. The summed E-state index contributed by atoms with van der Waals surface area (Å²) in [6.45, 7) is 1.37. The standard InChI is InChI=1S/C14H16N2O3S/c15-11(9-20-14-16-4-7-19-14)10-2-3-12-13(8-10)18-6-1-5-17-12/h2-4,7-8,11H,1,5-6,9,15H2. The molecule has 0 amide bonds. The van der Waals surface area contributed by atoms with Gasteiger partial charge in [0, 0.05) is 18.2 Å². The van der Waals surface area contributed by atoms with Gasteiger partial charge >= 0.3 is 0 Å². The highest BCUT2D eigenvalue weighted by molar-refractivity contribution is 7.99. The van der Waals surface area contributed by atoms with E-state index < -0.39 is 0 Å². The van der Waals surface area contributed by atoms with Crippen molar-refractivity contribution in [3.05, 3.63) is 36.2 Å². The van der Waals surface area contributed by atoms with Crippen molar-refractivity contribution in [2.75, 3.05) is 19.0 Å². The first kappa shape index (κ1) is 13.3. The lowest BCUT2D eigenvalue weighted by Crippen LogP contribution is -2.13. The molecule has 0 aliphatic carbocycles. The molecule has 1 unspecified atom stereocenters. The number of thioether (sulfide) groups is 1. The normalized spacial score (nSPS) is 15.7. The van der Waals surface area contributed by atoms with E-state index in [1.165, 1.54) is 11.8 Å². The first-order valence-electron chi connectivity index (χ1n) is 6.50. The van der Waals surface area contributed by atoms with Gasteiger partial charge in [0.2, 0.25) is 0 Å². The average molecular weight is 292 g/mol. The molecule has 0 spiro atoms. The first-order valence-corrected chi connectivity index (χ1v) is 7.49. The number of nitrogens with two attached hydrogens (primary N) is 1. The van der Waals surface area contributed by atoms with Crippen LogP contribution in [0.4, 0.5) is 0 Å². The van der Waals surface area contributed by atoms with Gasteiger partial charge < -0.3 is 19.6 Å². The molecule has 106 valence electrons. The highest BCUT2D eigenvalue weighted by Gasteiger charge is 2.14. The molecular formula is C14H16N2O3S. The summed E-state index contributed by atoms with van der Waals surface area (Å²) >= 11 is 1.50. The maximum Gasteiger partial charge on any atom is 0.255 e. The summed E-state index contributed by atoms with van der Waals surface area (Å²) < 4.78 is 16.5. The van der Waals surface area contributed by atoms with Crippen LogP contribution >= 0.6 is 11.8 Å². The Morgan fingerprint density at radius 3 is 2.90 bits per heavy atom. The lowest BCUT2D eigenvalue weighted by Gasteiger charge is -2.13. The molecule has 0 saturated heterocycles. The molecule has 2 heterocycles. The average Bonchev–Trinajstić information content (AvgIpc) is 2.88. The van der Waals surface area contributed by atoms with Gasteiger partial charge in [-0.2, -0.15) is 0 Å². The minimum Gasteiger partial charge on any atom is -0.490 e. The fourth-order valence-electron chi connectivity index (χ4n) is 1.95. The molecule has 0 radical (unpaired) electrons. The second-order valence-corrected chi connectivity index (χ2v) is 5.44. The van der Waals surface area contributed by atoms with Gasteiger partial charge in [-0.3, -0.25) is 0 Å². The molecule has 20 heavy (non-hydrogen) atoms. The number of aromatic nitrogens is 1. The van der Waals surface area contributed by atoms with Crippen LogP contribution in [0.1, 0.15) is 18.0 Å². The molecule has 0 fully saturated rings. The third kappa shape index (κ3) is 3.08. The monoisotopic (exact) mass is 292 g/mol. The third-order valence-corrected chi connectivity index (χ3v) is 3.97. The zero-order valence-electron chi connectivity index (χ0n) is 11.0. The van der Waals surface area contributed by atoms with E-state index in [1.54, 1.807) is 12.5 Å². The number of oxazole rings is 1. The summed E-state index contributed by atoms with van der Waals surface area (Å²) in [7, 11) is 0. The number of hydrogen-bond acceptors (Lipinski definition) is 6. The Hall–Kier alpha value is -1.66. The lowest BCUT2D eigenvalue weighted by molar-refractivity contribution is 0.297. The Balaban J connectivity index is 1.68. The van der Waals surface area contributed by atoms with Crippen LogP contribution in [0.25, 0.3) is 0 Å². The van der Waals surface area contributed by atoms with E-state index in [9.17, 15) is 0 Å². The van der Waals surface area contributed by atoms with Crippen LogP contribution in [0.5, 0.6) is 11.5 Å². The molecule has 1 aromatic heterocycles. The molecule has 1 atom stereocenters. The number of hydrogen-bond donors (Lipinski definition) is 1. The van der Waals surface area contributed by atoms with Gasteiger partial charge in [-0.1, -0.05) is 17.8 Å². The van der Waals surface area contributed by atoms with Crippen molar-refractivity contribution in [1.29, 1.82) is 0 Å². The Labute approximate surface area is 121 Å². The van der Waals surface area contributed by atoms with Crippen molar-refractivity contribution in [2.24, 2.45) is 5.73 Å². The number of ether oxygens (including phenoxy) is 2. The van der Waals surface area contributed by atoms with Crippen LogP contribution in [0.3, 0.4) is 0 Å². The van der Waals surface area contributed by atoms with Crippen LogP contribution in [0.15, 0.2) is 40.3 Å². The zero-order valence-corrected chi connectivity index (χ0v) is 11.8. The van der Waals surface area contributed by atoms with Gasteiger partial charge in [-0.05, 0) is 17.7 Å². The highest BCUT2D eigenvalue weighted by Crippen LogP contribution is 2.33. The maximum absolute atomic E-state index is 6.20. The molecule has 0 bridgehead atoms. The highest BCUT2D eigenvalue weighted by atomic mass is 32.2. The van der Waals surface area contributed by atoms with Crippen LogP contribution in [-0.4, -0.2) is 24.0 Å². The fraction of sp³-hybridized carbons (Fsp3) is 0.357. The molecular weight excluding hydrogens is 276 g/mol. The Bertz CT molecular complexity index is 560. The molecule has 6 heteroatoms. The van der Waals surface area contributed by atoms with E-state index in [4.69, 9.17) is 19.6 Å². The second kappa shape index (κ2) is 6.19. The van der Waals surface area contributed by atoms with E-state index >= 15 is 0 Å². The summed E-state index contributed by atoms with van der Waals surface area (Å²) in [5, 5.41) is 0.634. The zero-order chi connectivity index (χ0) is 13.8. The van der Waals surface area contributed by atoms with Gasteiger partial charge in [-0.25, -0.2) is 4.98 Å². The van der Waals surface area contributed by atoms with Crippen molar-refractivity contribution in [2.45, 2.75) is 17.7 Å². The van der Waals surface area contributed by atoms with E-state index in [1.807, 2.05) is 18.2 Å². The van der Waals surface area contributed by atoms with Crippen LogP contribution < -0.4 is 15.2 Å². The molecule has 2 aromatic rings. The van der Waals surface area contributed by atoms with Gasteiger partial charge in [0.05, 0.1) is 19.4 Å². The van der Waals surface area contributed by atoms with Gasteiger partial charge in [0.25, 0.3) is 5.22 Å². The summed E-state index contributed by atoms with van der Waals surface area (Å²) in [4.78, 5) is 4.06. The van der Waals surface area contributed by atoms with Crippen LogP contribution in [0, 0.1) is 0 Å². The van der Waals surface area contributed by atoms with Crippen LogP contribution in [-0.2, 0) is 0 Å². The number of benzene rings is 1. The smallest absolute Gasteiger partial charge is 0.255 e. The molecule has 1 aliphatic rings. The fourth-order valence-corrected chi connectivity index (χ4v) is 2.72. The molecule has 1 aliphatic heterocycles. The molecule has 3 rings (SSSR count). The molecule has 5 nitrogen and oxygen atoms in total. The van der Waals surface area contributed by atoms with E-state index in [-0.39, 0.29) is 6.04 Å². The number of fused-ring (bicyclic) bond motifs is 1. The van der Waals surface area contributed by atoms with Gasteiger partial charge in [0.15, 0.2) is 11.5 Å². The van der Waals surface area contributed by atoms with Crippen molar-refractivity contribution in [3.8, 4) is 11.5 Å². The molecule has 1 aromatic carbocycles. The topological polar surface area (TPSA) is 70.5 Å². The number of nitrogens with zero attached hydrogens (tertiary/aromatic N) is 1. The summed E-state index contributed by atoms with van der Waals surface area (Å²) in [6, 6.07) is 5.76. The Kier molecular flexibility index (Phi) is 4.13. The minimum absolute atomic E-state index is 0.107. The first-order chi connectivity index (χ1) is 9.83. The van der Waals surface area contributed by atoms with Crippen molar-refractivity contribution in [3.63, 3.8) is 0 Å². The Morgan fingerprint density at radius 2 is 2.10 bits per heavy atom. The molecule has 2 N–H and O–H groups in total. The largest absolute Gasteiger partial charge is 0.490 e. The van der Waals surface area contributed by atoms with Crippen molar-refractivity contribution < 1.29 is 13.9 Å². The van der Waals surface area contributed by atoms with E-state index in [0.717, 1.165) is 23.5 Å². The SMILES string of the molecule is NC(CSc1ncco1)c1ccc2c(c1)OCCCO2. The summed E-state index contributed by atoms with van der Waals surface area (Å²) in [6.07, 6.45) is 4.08. The molecule has 0 saturated carbocycles. The minimum atomic E-state index is -0.107. The Morgan fingerprint density at radius 1 is 1.25 bits per heavy atom. The summed E-state index contributed by atoms with van der Waals surface area (Å²) in [5.41, 5.74) is 7.22. The predicted molar refractivity (Wildman–Crippen MR) is 76.2 cm³/mol. The lowest BCUT2D eigenvalue weighted by atomic mass is 10.1. The van der Waals surface area contributed by atoms with E-state index in [0.29, 0.717) is 24.2 Å². The predicted octanol–water partition coefficient (Wildman–Crippen LogP) is 2.63. The van der Waals surface area contributed by atoms with Crippen molar-refractivity contribution >= 4 is 11.8 Å². The second-order valence-electron chi connectivity index (χ2n) is 4.47. The van der Waals surface area contributed by atoms with Gasteiger partial charge in [0.1, 0.15) is 6.26 Å². The van der Waals surface area contributed by atoms with E-state index in [2.05, 4.69) is 4.98 Å². The summed E-state index contributed by atoms with van der Waals surface area (Å²) in [5.74, 6) is 2.26. The third-order valence-electron chi connectivity index (χ3n) is 3.00. The van der Waals surface area contributed by atoms with Gasteiger partial charge in [-0.15, -0.1) is 0 Å². The maximum atomic E-state index is 6.20. The van der Waals surface area contributed by atoms with Crippen LogP contribution in [0.2, 0.25) is 0 Å².